The largest absolute Gasteiger partial charge is 0.320 e. The number of anilines is 1. The van der Waals surface area contributed by atoms with Gasteiger partial charge in [-0.25, -0.2) is 0 Å². The zero-order valence-electron chi connectivity index (χ0n) is 13.9. The van der Waals surface area contributed by atoms with Gasteiger partial charge in [0.25, 0.3) is 5.56 Å². The van der Waals surface area contributed by atoms with E-state index in [0.717, 1.165) is 11.1 Å². The van der Waals surface area contributed by atoms with Crippen molar-refractivity contribution in [3.05, 3.63) is 58.0 Å². The molecule has 2 aromatic rings. The van der Waals surface area contributed by atoms with Crippen LogP contribution in [0.1, 0.15) is 31.9 Å². The molecule has 2 rings (SSSR count). The summed E-state index contributed by atoms with van der Waals surface area (Å²) in [6.45, 7) is 7.87. The third-order valence-corrected chi connectivity index (χ3v) is 4.04. The molecule has 0 aliphatic rings. The van der Waals surface area contributed by atoms with Gasteiger partial charge in [-0.1, -0.05) is 45.0 Å². The number of carbonyl (C=O) groups is 1. The number of hydrogen-bond acceptors (Lipinski definition) is 3. The molecular weight excluding hydrogens is 308 g/mol. The van der Waals surface area contributed by atoms with Gasteiger partial charge >= 0.3 is 0 Å². The first-order chi connectivity index (χ1) is 10.7. The zero-order chi connectivity index (χ0) is 17.2. The van der Waals surface area contributed by atoms with Crippen molar-refractivity contribution in [2.24, 2.45) is 5.41 Å². The molecule has 1 aromatic heterocycles. The van der Waals surface area contributed by atoms with Gasteiger partial charge in [0.05, 0.1) is 6.54 Å². The van der Waals surface area contributed by atoms with E-state index < -0.39 is 5.41 Å². The van der Waals surface area contributed by atoms with Crippen LogP contribution in [0.3, 0.4) is 0 Å². The summed E-state index contributed by atoms with van der Waals surface area (Å²) in [6.07, 6.45) is 1.70. The van der Waals surface area contributed by atoms with E-state index in [-0.39, 0.29) is 17.2 Å². The topological polar surface area (TPSA) is 51.1 Å². The molecule has 0 saturated heterocycles. The minimum Gasteiger partial charge on any atom is -0.320 e. The highest BCUT2D eigenvalue weighted by Crippen LogP contribution is 2.20. The molecule has 0 radical (unpaired) electrons. The Morgan fingerprint density at radius 3 is 2.48 bits per heavy atom. The second-order valence-corrected chi connectivity index (χ2v) is 7.12. The number of aryl methyl sites for hydroxylation is 1. The van der Waals surface area contributed by atoms with Crippen LogP contribution in [-0.2, 0) is 11.3 Å². The Balaban J connectivity index is 2.38. The fourth-order valence-electron chi connectivity index (χ4n) is 2.08. The minimum atomic E-state index is -0.580. The lowest BCUT2D eigenvalue weighted by Crippen LogP contribution is -2.32. The third kappa shape index (κ3) is 4.05. The molecule has 0 atom stereocenters. The van der Waals surface area contributed by atoms with Crippen molar-refractivity contribution >= 4 is 24.2 Å². The number of aromatic nitrogens is 1. The van der Waals surface area contributed by atoms with Crippen molar-refractivity contribution in [3.8, 4) is 0 Å². The van der Waals surface area contributed by atoms with Crippen molar-refractivity contribution in [3.63, 3.8) is 0 Å². The lowest BCUT2D eigenvalue weighted by Gasteiger charge is -2.19. The van der Waals surface area contributed by atoms with E-state index in [1.807, 2.05) is 31.2 Å². The molecule has 0 saturated carbocycles. The van der Waals surface area contributed by atoms with Crippen LogP contribution in [-0.4, -0.2) is 10.5 Å². The summed E-state index contributed by atoms with van der Waals surface area (Å²) < 4.78 is 1.58. The Hall–Kier alpha value is -2.01. The fraction of sp³-hybridized carbons (Fsp3) is 0.333. The number of benzene rings is 1. The highest BCUT2D eigenvalue weighted by atomic mass is 32.1. The molecule has 5 heteroatoms. The number of carbonyl (C=O) groups excluding carboxylic acids is 1. The summed E-state index contributed by atoms with van der Waals surface area (Å²) in [5.74, 6) is -0.210. The van der Waals surface area contributed by atoms with Crippen molar-refractivity contribution in [2.75, 3.05) is 5.32 Å². The number of rotatable bonds is 3. The number of hydrogen-bond donors (Lipinski definition) is 2. The Morgan fingerprint density at radius 1 is 1.22 bits per heavy atom. The molecule has 4 nitrogen and oxygen atoms in total. The van der Waals surface area contributed by atoms with Crippen molar-refractivity contribution < 1.29 is 4.79 Å². The predicted octanol–water partition coefficient (Wildman–Crippen LogP) is 3.48. The molecule has 0 fully saturated rings. The smallest absolute Gasteiger partial charge is 0.275 e. The van der Waals surface area contributed by atoms with Crippen LogP contribution in [0.5, 0.6) is 0 Å². The van der Waals surface area contributed by atoms with E-state index >= 15 is 0 Å². The van der Waals surface area contributed by atoms with Gasteiger partial charge in [-0.3, -0.25) is 9.59 Å². The normalized spacial score (nSPS) is 11.3. The van der Waals surface area contributed by atoms with Gasteiger partial charge in [0.2, 0.25) is 5.91 Å². The van der Waals surface area contributed by atoms with E-state index in [4.69, 9.17) is 0 Å². The van der Waals surface area contributed by atoms with Crippen LogP contribution in [0.15, 0.2) is 46.2 Å². The number of nitrogens with zero attached hydrogens (tertiary/aromatic N) is 1. The molecular formula is C18H22N2O2S. The summed E-state index contributed by atoms with van der Waals surface area (Å²) in [7, 11) is 0. The van der Waals surface area contributed by atoms with Crippen LogP contribution >= 0.6 is 12.6 Å². The molecule has 23 heavy (non-hydrogen) atoms. The van der Waals surface area contributed by atoms with Crippen LogP contribution < -0.4 is 10.9 Å². The highest BCUT2D eigenvalue weighted by molar-refractivity contribution is 7.80. The first-order valence-corrected chi connectivity index (χ1v) is 7.93. The summed E-state index contributed by atoms with van der Waals surface area (Å²) in [5, 5.41) is 2.71. The van der Waals surface area contributed by atoms with E-state index in [9.17, 15) is 9.59 Å². The predicted molar refractivity (Wildman–Crippen MR) is 96.3 cm³/mol. The first kappa shape index (κ1) is 17.3. The number of pyridine rings is 1. The van der Waals surface area contributed by atoms with Crippen LogP contribution in [0.4, 0.5) is 5.69 Å². The number of amides is 1. The standard InChI is InChI=1S/C18H22N2O2S/c1-12-7-5-6-8-13(12)11-20-10-9-14(23)15(16(20)21)19-17(22)18(2,3)4/h5-10,23H,11H2,1-4H3,(H,19,22). The van der Waals surface area contributed by atoms with Crippen LogP contribution in [0.2, 0.25) is 0 Å². The highest BCUT2D eigenvalue weighted by Gasteiger charge is 2.23. The van der Waals surface area contributed by atoms with Crippen LogP contribution in [0, 0.1) is 12.3 Å². The van der Waals surface area contributed by atoms with Crippen molar-refractivity contribution in [1.82, 2.24) is 4.57 Å². The molecule has 0 bridgehead atoms. The van der Waals surface area contributed by atoms with Gasteiger partial charge in [0.1, 0.15) is 5.69 Å². The van der Waals surface area contributed by atoms with Gasteiger partial charge in [0.15, 0.2) is 0 Å². The molecule has 0 aliphatic heterocycles. The average molecular weight is 330 g/mol. The molecule has 1 heterocycles. The molecule has 0 aliphatic carbocycles. The Kier molecular flexibility index (Phi) is 5.00. The maximum Gasteiger partial charge on any atom is 0.275 e. The van der Waals surface area contributed by atoms with E-state index in [2.05, 4.69) is 17.9 Å². The SMILES string of the molecule is Cc1ccccc1Cn1ccc(S)c(NC(=O)C(C)(C)C)c1=O. The minimum absolute atomic E-state index is 0.210. The maximum absolute atomic E-state index is 12.7. The van der Waals surface area contributed by atoms with Gasteiger partial charge in [0, 0.05) is 16.5 Å². The second kappa shape index (κ2) is 6.62. The lowest BCUT2D eigenvalue weighted by atomic mass is 9.95. The molecule has 1 amide bonds. The number of thiol groups is 1. The van der Waals surface area contributed by atoms with Crippen molar-refractivity contribution in [2.45, 2.75) is 39.1 Å². The van der Waals surface area contributed by atoms with Gasteiger partial charge in [-0.2, -0.15) is 0 Å². The average Bonchev–Trinajstić information content (AvgIpc) is 2.47. The van der Waals surface area contributed by atoms with Gasteiger partial charge in [-0.15, -0.1) is 12.6 Å². The summed E-state index contributed by atoms with van der Waals surface area (Å²) >= 11 is 4.30. The fourth-order valence-corrected chi connectivity index (χ4v) is 2.30. The number of nitrogens with one attached hydrogen (secondary N) is 1. The Labute approximate surface area is 142 Å². The zero-order valence-corrected chi connectivity index (χ0v) is 14.8. The summed E-state index contributed by atoms with van der Waals surface area (Å²) in [6, 6.07) is 9.64. The van der Waals surface area contributed by atoms with Gasteiger partial charge < -0.3 is 9.88 Å². The maximum atomic E-state index is 12.7. The Bertz CT molecular complexity index is 788. The van der Waals surface area contributed by atoms with E-state index in [1.54, 1.807) is 37.6 Å². The monoisotopic (exact) mass is 330 g/mol. The van der Waals surface area contributed by atoms with Gasteiger partial charge in [-0.05, 0) is 24.1 Å². The molecule has 0 unspecified atom stereocenters. The lowest BCUT2D eigenvalue weighted by molar-refractivity contribution is -0.123. The summed E-state index contributed by atoms with van der Waals surface area (Å²) in [5.41, 5.74) is 1.58. The quantitative estimate of drug-likeness (QED) is 0.847. The van der Waals surface area contributed by atoms with E-state index in [1.165, 1.54) is 0 Å². The molecule has 1 aromatic carbocycles. The molecule has 0 spiro atoms. The molecule has 122 valence electrons. The second-order valence-electron chi connectivity index (χ2n) is 6.64. The Morgan fingerprint density at radius 2 is 1.87 bits per heavy atom. The first-order valence-electron chi connectivity index (χ1n) is 7.48. The third-order valence-electron chi connectivity index (χ3n) is 3.66. The molecule has 1 N–H and O–H groups in total. The summed E-state index contributed by atoms with van der Waals surface area (Å²) in [4.78, 5) is 25.3. The van der Waals surface area contributed by atoms with Crippen molar-refractivity contribution in [1.29, 1.82) is 0 Å². The van der Waals surface area contributed by atoms with E-state index in [0.29, 0.717) is 11.4 Å². The van der Waals surface area contributed by atoms with Crippen LogP contribution in [0.25, 0.3) is 0 Å².